The lowest BCUT2D eigenvalue weighted by molar-refractivity contribution is 0.0795. The first-order chi connectivity index (χ1) is 14.6. The average Bonchev–Trinajstić information content (AvgIpc) is 3.40. The number of methoxy groups -OCH3 is 2. The highest BCUT2D eigenvalue weighted by Gasteiger charge is 2.29. The molecule has 156 valence electrons. The molecule has 0 radical (unpaired) electrons. The van der Waals surface area contributed by atoms with E-state index in [4.69, 9.17) is 9.47 Å². The van der Waals surface area contributed by atoms with E-state index in [9.17, 15) is 4.79 Å². The molecule has 1 N–H and O–H groups in total. The van der Waals surface area contributed by atoms with Gasteiger partial charge in [-0.2, -0.15) is 0 Å². The highest BCUT2D eigenvalue weighted by Crippen LogP contribution is 2.35. The molecule has 0 aliphatic carbocycles. The summed E-state index contributed by atoms with van der Waals surface area (Å²) in [5.41, 5.74) is 2.75. The van der Waals surface area contributed by atoms with E-state index in [2.05, 4.69) is 10.3 Å². The van der Waals surface area contributed by atoms with E-state index < -0.39 is 0 Å². The number of anilines is 1. The molecule has 7 heteroatoms. The predicted molar refractivity (Wildman–Crippen MR) is 120 cm³/mol. The van der Waals surface area contributed by atoms with Crippen LogP contribution in [0.15, 0.2) is 48.5 Å². The number of carbonyl (C=O) groups is 1. The van der Waals surface area contributed by atoms with E-state index in [1.54, 1.807) is 14.2 Å². The smallest absolute Gasteiger partial charge is 0.265 e. The maximum absolute atomic E-state index is 13.2. The second-order valence-corrected chi connectivity index (χ2v) is 8.25. The third kappa shape index (κ3) is 4.11. The van der Waals surface area contributed by atoms with E-state index >= 15 is 0 Å². The molecular formula is C23H25N3O3S. The monoisotopic (exact) mass is 423 g/mol. The van der Waals surface area contributed by atoms with Crippen LogP contribution in [-0.2, 0) is 0 Å². The van der Waals surface area contributed by atoms with E-state index in [0.717, 1.165) is 34.9 Å². The lowest BCUT2D eigenvalue weighted by Gasteiger charge is -2.17. The van der Waals surface area contributed by atoms with Gasteiger partial charge in [0.1, 0.15) is 9.88 Å². The standard InChI is InChI=1S/C23H25N3O3S/c1-15-21(30-22(24-15)16-9-10-19(28-2)20(13-16)29-3)23(27)26-12-11-18(14-26)25-17-7-5-4-6-8-17/h4-10,13,18,25H,11-12,14H2,1-3H3. The second-order valence-electron chi connectivity index (χ2n) is 7.25. The van der Waals surface area contributed by atoms with Crippen molar-refractivity contribution < 1.29 is 14.3 Å². The van der Waals surface area contributed by atoms with Crippen molar-refractivity contribution in [2.24, 2.45) is 0 Å². The number of aromatic nitrogens is 1. The number of hydrogen-bond donors (Lipinski definition) is 1. The van der Waals surface area contributed by atoms with Crippen molar-refractivity contribution in [3.05, 3.63) is 59.1 Å². The van der Waals surface area contributed by atoms with Gasteiger partial charge in [-0.05, 0) is 43.7 Å². The number of thiazole rings is 1. The average molecular weight is 424 g/mol. The number of rotatable bonds is 6. The van der Waals surface area contributed by atoms with Crippen LogP contribution >= 0.6 is 11.3 Å². The lowest BCUT2D eigenvalue weighted by Crippen LogP contribution is -2.31. The minimum Gasteiger partial charge on any atom is -0.493 e. The number of ether oxygens (including phenoxy) is 2. The molecule has 6 nitrogen and oxygen atoms in total. The summed E-state index contributed by atoms with van der Waals surface area (Å²) in [6, 6.07) is 16.1. The molecule has 3 aromatic rings. The molecular weight excluding hydrogens is 398 g/mol. The van der Waals surface area contributed by atoms with Crippen molar-refractivity contribution in [2.75, 3.05) is 32.6 Å². The van der Waals surface area contributed by atoms with Gasteiger partial charge in [0.2, 0.25) is 0 Å². The molecule has 1 aromatic heterocycles. The number of hydrogen-bond acceptors (Lipinski definition) is 6. The van der Waals surface area contributed by atoms with Gasteiger partial charge in [-0.3, -0.25) is 4.79 Å². The fourth-order valence-corrected chi connectivity index (χ4v) is 4.69. The van der Waals surface area contributed by atoms with Crippen molar-refractivity contribution in [1.82, 2.24) is 9.88 Å². The molecule has 1 aliphatic rings. The van der Waals surface area contributed by atoms with Gasteiger partial charge >= 0.3 is 0 Å². The van der Waals surface area contributed by atoms with Crippen molar-refractivity contribution in [3.63, 3.8) is 0 Å². The van der Waals surface area contributed by atoms with Gasteiger partial charge in [0.05, 0.1) is 19.9 Å². The largest absolute Gasteiger partial charge is 0.493 e. The van der Waals surface area contributed by atoms with Crippen LogP contribution in [0.1, 0.15) is 21.8 Å². The summed E-state index contributed by atoms with van der Waals surface area (Å²) in [6.45, 7) is 3.33. The fraction of sp³-hybridized carbons (Fsp3) is 0.304. The van der Waals surface area contributed by atoms with Gasteiger partial charge < -0.3 is 19.7 Å². The minimum absolute atomic E-state index is 0.0501. The van der Waals surface area contributed by atoms with Gasteiger partial charge in [0.15, 0.2) is 11.5 Å². The summed E-state index contributed by atoms with van der Waals surface area (Å²) in [7, 11) is 3.22. The molecule has 0 saturated carbocycles. The quantitative estimate of drug-likeness (QED) is 0.634. The zero-order valence-electron chi connectivity index (χ0n) is 17.3. The molecule has 30 heavy (non-hydrogen) atoms. The maximum atomic E-state index is 13.2. The number of likely N-dealkylation sites (tertiary alicyclic amines) is 1. The Kier molecular flexibility index (Phi) is 5.90. The Morgan fingerprint density at radius 2 is 1.90 bits per heavy atom. The van der Waals surface area contributed by atoms with Gasteiger partial charge in [0.25, 0.3) is 5.91 Å². The lowest BCUT2D eigenvalue weighted by atomic mass is 10.2. The molecule has 1 saturated heterocycles. The van der Waals surface area contributed by atoms with Crippen molar-refractivity contribution in [2.45, 2.75) is 19.4 Å². The van der Waals surface area contributed by atoms with Crippen LogP contribution in [0.3, 0.4) is 0 Å². The van der Waals surface area contributed by atoms with Crippen LogP contribution in [0.5, 0.6) is 11.5 Å². The fourth-order valence-electron chi connectivity index (χ4n) is 3.66. The Morgan fingerprint density at radius 3 is 2.63 bits per heavy atom. The van der Waals surface area contributed by atoms with Gasteiger partial charge in [0, 0.05) is 30.4 Å². The van der Waals surface area contributed by atoms with Crippen molar-refractivity contribution >= 4 is 22.9 Å². The first kappa shape index (κ1) is 20.2. The normalized spacial score (nSPS) is 15.8. The highest BCUT2D eigenvalue weighted by atomic mass is 32.1. The summed E-state index contributed by atoms with van der Waals surface area (Å²) in [5, 5.41) is 4.32. The van der Waals surface area contributed by atoms with Gasteiger partial charge in [-0.15, -0.1) is 11.3 Å². The van der Waals surface area contributed by atoms with Crippen LogP contribution in [0.2, 0.25) is 0 Å². The molecule has 2 aromatic carbocycles. The zero-order valence-corrected chi connectivity index (χ0v) is 18.2. The van der Waals surface area contributed by atoms with E-state index in [0.29, 0.717) is 22.9 Å². The Bertz CT molecular complexity index is 1040. The molecule has 2 heterocycles. The van der Waals surface area contributed by atoms with Crippen LogP contribution in [0.25, 0.3) is 10.6 Å². The molecule has 1 fully saturated rings. The van der Waals surface area contributed by atoms with E-state index in [-0.39, 0.29) is 11.9 Å². The minimum atomic E-state index is 0.0501. The highest BCUT2D eigenvalue weighted by molar-refractivity contribution is 7.17. The van der Waals surface area contributed by atoms with Gasteiger partial charge in [-0.1, -0.05) is 18.2 Å². The molecule has 4 rings (SSSR count). The summed E-state index contributed by atoms with van der Waals surface area (Å²) >= 11 is 1.43. The Labute approximate surface area is 180 Å². The van der Waals surface area contributed by atoms with Crippen LogP contribution in [-0.4, -0.2) is 49.1 Å². The molecule has 1 atom stereocenters. The SMILES string of the molecule is COc1ccc(-c2nc(C)c(C(=O)N3CCC(Nc4ccccc4)C3)s2)cc1OC. The molecule has 1 unspecified atom stereocenters. The number of nitrogens with one attached hydrogen (secondary N) is 1. The summed E-state index contributed by atoms with van der Waals surface area (Å²) in [6.07, 6.45) is 0.932. The third-order valence-corrected chi connectivity index (χ3v) is 6.44. The maximum Gasteiger partial charge on any atom is 0.265 e. The Morgan fingerprint density at radius 1 is 1.13 bits per heavy atom. The summed E-state index contributed by atoms with van der Waals surface area (Å²) < 4.78 is 10.7. The number of para-hydroxylation sites is 1. The molecule has 0 spiro atoms. The Balaban J connectivity index is 1.49. The van der Waals surface area contributed by atoms with Gasteiger partial charge in [-0.25, -0.2) is 4.98 Å². The van der Waals surface area contributed by atoms with Crippen LogP contribution in [0.4, 0.5) is 5.69 Å². The molecule has 0 bridgehead atoms. The summed E-state index contributed by atoms with van der Waals surface area (Å²) in [4.78, 5) is 20.4. The first-order valence-corrected chi connectivity index (χ1v) is 10.7. The topological polar surface area (TPSA) is 63.7 Å². The molecule has 1 amide bonds. The first-order valence-electron chi connectivity index (χ1n) is 9.89. The Hall–Kier alpha value is -3.06. The van der Waals surface area contributed by atoms with Crippen LogP contribution < -0.4 is 14.8 Å². The number of amides is 1. The number of carbonyl (C=O) groups excluding carboxylic acids is 1. The van der Waals surface area contributed by atoms with Crippen LogP contribution in [0, 0.1) is 6.92 Å². The second kappa shape index (κ2) is 8.75. The number of nitrogens with zero attached hydrogens (tertiary/aromatic N) is 2. The molecule has 1 aliphatic heterocycles. The zero-order chi connectivity index (χ0) is 21.1. The predicted octanol–water partition coefficient (Wildman–Crippen LogP) is 4.46. The third-order valence-electron chi connectivity index (χ3n) is 5.24. The van der Waals surface area contributed by atoms with Crippen molar-refractivity contribution in [1.29, 1.82) is 0 Å². The van der Waals surface area contributed by atoms with Crippen molar-refractivity contribution in [3.8, 4) is 22.1 Å². The van der Waals surface area contributed by atoms with E-state index in [1.165, 1.54) is 11.3 Å². The number of benzene rings is 2. The van der Waals surface area contributed by atoms with E-state index in [1.807, 2.05) is 60.4 Å². The number of aryl methyl sites for hydroxylation is 1. The summed E-state index contributed by atoms with van der Waals surface area (Å²) in [5.74, 6) is 1.36.